The molecule has 0 aliphatic carbocycles. The van der Waals surface area contributed by atoms with E-state index in [1.807, 2.05) is 87.5 Å². The second-order valence-corrected chi connectivity index (χ2v) is 10.8. The first-order valence-corrected chi connectivity index (χ1v) is 13.3. The van der Waals surface area contributed by atoms with Crippen molar-refractivity contribution in [3.05, 3.63) is 129 Å². The lowest BCUT2D eigenvalue weighted by molar-refractivity contribution is 0.0942. The smallest absolute Gasteiger partial charge is 0.263 e. The van der Waals surface area contributed by atoms with Gasteiger partial charge in [0.2, 0.25) is 0 Å². The molecule has 0 fully saturated rings. The zero-order valence-corrected chi connectivity index (χ0v) is 21.8. The molecule has 0 heterocycles. The van der Waals surface area contributed by atoms with E-state index in [1.165, 1.54) is 18.2 Å². The SMILES string of the molecule is Cc1ccc(NS(=O)(=O)c2cc(C(=O)NC(c3ccccc3)c3ccccc3C)ccc2Cl)c(C)c1. The van der Waals surface area contributed by atoms with Crippen LogP contribution in [0, 0.1) is 20.8 Å². The number of rotatable bonds is 7. The van der Waals surface area contributed by atoms with E-state index >= 15 is 0 Å². The summed E-state index contributed by atoms with van der Waals surface area (Å²) in [5.41, 5.74) is 5.35. The summed E-state index contributed by atoms with van der Waals surface area (Å²) < 4.78 is 29.0. The minimum Gasteiger partial charge on any atom is -0.341 e. The van der Waals surface area contributed by atoms with Crippen molar-refractivity contribution < 1.29 is 13.2 Å². The summed E-state index contributed by atoms with van der Waals surface area (Å²) in [5, 5.41) is 3.10. The molecular weight excluding hydrogens is 492 g/mol. The standard InChI is InChI=1S/C29H27ClN2O3S/c1-19-13-16-26(21(3)17-19)32-36(34,35)27-18-23(14-15-25(27)30)29(33)31-28(22-10-5-4-6-11-22)24-12-8-7-9-20(24)2/h4-18,28,32H,1-3H3,(H,31,33). The molecule has 4 rings (SSSR count). The van der Waals surface area contributed by atoms with Crippen LogP contribution in [-0.4, -0.2) is 14.3 Å². The minimum absolute atomic E-state index is 0.0299. The normalized spacial score (nSPS) is 12.1. The van der Waals surface area contributed by atoms with Gasteiger partial charge in [0.25, 0.3) is 15.9 Å². The number of benzene rings is 4. The lowest BCUT2D eigenvalue weighted by Crippen LogP contribution is -2.30. The van der Waals surface area contributed by atoms with Gasteiger partial charge in [-0.2, -0.15) is 0 Å². The Morgan fingerprint density at radius 2 is 1.50 bits per heavy atom. The fourth-order valence-corrected chi connectivity index (χ4v) is 5.75. The van der Waals surface area contributed by atoms with Crippen molar-refractivity contribution in [1.29, 1.82) is 0 Å². The van der Waals surface area contributed by atoms with E-state index in [4.69, 9.17) is 11.6 Å². The molecule has 0 saturated heterocycles. The van der Waals surface area contributed by atoms with E-state index in [0.29, 0.717) is 5.69 Å². The van der Waals surface area contributed by atoms with Crippen LogP contribution in [0.5, 0.6) is 0 Å². The summed E-state index contributed by atoms with van der Waals surface area (Å²) >= 11 is 6.28. The molecule has 7 heteroatoms. The van der Waals surface area contributed by atoms with Crippen LogP contribution in [0.1, 0.15) is 44.2 Å². The van der Waals surface area contributed by atoms with E-state index in [1.54, 1.807) is 6.07 Å². The maximum absolute atomic E-state index is 13.4. The van der Waals surface area contributed by atoms with Crippen molar-refractivity contribution in [2.45, 2.75) is 31.7 Å². The van der Waals surface area contributed by atoms with Crippen LogP contribution in [0.4, 0.5) is 5.69 Å². The third-order valence-electron chi connectivity index (χ3n) is 6.02. The van der Waals surface area contributed by atoms with Gasteiger partial charge in [-0.05, 0) is 67.3 Å². The fraction of sp³-hybridized carbons (Fsp3) is 0.138. The number of halogens is 1. The van der Waals surface area contributed by atoms with Gasteiger partial charge in [-0.3, -0.25) is 9.52 Å². The number of nitrogens with one attached hydrogen (secondary N) is 2. The van der Waals surface area contributed by atoms with Crippen molar-refractivity contribution in [1.82, 2.24) is 5.32 Å². The van der Waals surface area contributed by atoms with Crippen molar-refractivity contribution in [2.75, 3.05) is 4.72 Å². The van der Waals surface area contributed by atoms with Gasteiger partial charge in [0.15, 0.2) is 0 Å². The molecule has 0 spiro atoms. The van der Waals surface area contributed by atoms with E-state index in [-0.39, 0.29) is 15.5 Å². The Morgan fingerprint density at radius 1 is 0.806 bits per heavy atom. The van der Waals surface area contributed by atoms with Gasteiger partial charge >= 0.3 is 0 Å². The third-order valence-corrected chi connectivity index (χ3v) is 7.86. The van der Waals surface area contributed by atoms with Gasteiger partial charge in [0.05, 0.1) is 16.8 Å². The molecule has 1 unspecified atom stereocenters. The highest BCUT2D eigenvalue weighted by atomic mass is 35.5. The molecule has 0 aliphatic heterocycles. The number of amides is 1. The lowest BCUT2D eigenvalue weighted by Gasteiger charge is -2.22. The van der Waals surface area contributed by atoms with Gasteiger partial charge in [-0.1, -0.05) is 83.9 Å². The molecular formula is C29H27ClN2O3S. The quantitative estimate of drug-likeness (QED) is 0.290. The van der Waals surface area contributed by atoms with Crippen molar-refractivity contribution in [2.24, 2.45) is 0 Å². The van der Waals surface area contributed by atoms with Gasteiger partial charge in [-0.15, -0.1) is 0 Å². The molecule has 0 saturated carbocycles. The van der Waals surface area contributed by atoms with E-state index in [9.17, 15) is 13.2 Å². The Morgan fingerprint density at radius 3 is 2.19 bits per heavy atom. The predicted octanol–water partition coefficient (Wildman–Crippen LogP) is 6.59. The summed E-state index contributed by atoms with van der Waals surface area (Å²) in [4.78, 5) is 13.2. The Labute approximate surface area is 217 Å². The first-order valence-electron chi connectivity index (χ1n) is 11.5. The van der Waals surface area contributed by atoms with Crippen LogP contribution in [0.15, 0.2) is 95.9 Å². The number of anilines is 1. The number of aryl methyl sites for hydroxylation is 3. The Hall–Kier alpha value is -3.61. The summed E-state index contributed by atoms with van der Waals surface area (Å²) in [5.74, 6) is -0.410. The Balaban J connectivity index is 1.67. The molecule has 184 valence electrons. The monoisotopic (exact) mass is 518 g/mol. The number of hydrogen-bond donors (Lipinski definition) is 2. The van der Waals surface area contributed by atoms with Crippen LogP contribution in [0.3, 0.4) is 0 Å². The highest BCUT2D eigenvalue weighted by Crippen LogP contribution is 2.28. The molecule has 0 bridgehead atoms. The van der Waals surface area contributed by atoms with Crippen LogP contribution >= 0.6 is 11.6 Å². The molecule has 0 aliphatic rings. The summed E-state index contributed by atoms with van der Waals surface area (Å²) in [7, 11) is -4.04. The average Bonchev–Trinajstić information content (AvgIpc) is 2.85. The van der Waals surface area contributed by atoms with E-state index in [0.717, 1.165) is 27.8 Å². The maximum atomic E-state index is 13.4. The molecule has 1 atom stereocenters. The summed E-state index contributed by atoms with van der Waals surface area (Å²) in [6.45, 7) is 5.75. The molecule has 0 aromatic heterocycles. The fourth-order valence-electron chi connectivity index (χ4n) is 4.09. The zero-order chi connectivity index (χ0) is 25.9. The molecule has 5 nitrogen and oxygen atoms in total. The van der Waals surface area contributed by atoms with Crippen LogP contribution in [0.25, 0.3) is 0 Å². The minimum atomic E-state index is -4.04. The van der Waals surface area contributed by atoms with Gasteiger partial charge in [-0.25, -0.2) is 8.42 Å². The predicted molar refractivity (Wildman–Crippen MR) is 145 cm³/mol. The highest BCUT2D eigenvalue weighted by molar-refractivity contribution is 7.92. The summed E-state index contributed by atoms with van der Waals surface area (Å²) in [6, 6.07) is 26.7. The van der Waals surface area contributed by atoms with E-state index < -0.39 is 22.0 Å². The van der Waals surface area contributed by atoms with Crippen LogP contribution in [0.2, 0.25) is 5.02 Å². The van der Waals surface area contributed by atoms with Gasteiger partial charge in [0.1, 0.15) is 4.90 Å². The maximum Gasteiger partial charge on any atom is 0.263 e. The van der Waals surface area contributed by atoms with Crippen molar-refractivity contribution in [3.63, 3.8) is 0 Å². The molecule has 0 radical (unpaired) electrons. The number of carbonyl (C=O) groups is 1. The Bertz CT molecular complexity index is 1520. The molecule has 1 amide bonds. The first-order chi connectivity index (χ1) is 17.2. The Kier molecular flexibility index (Phi) is 7.48. The van der Waals surface area contributed by atoms with Crippen LogP contribution < -0.4 is 10.0 Å². The molecule has 4 aromatic rings. The van der Waals surface area contributed by atoms with Crippen molar-refractivity contribution >= 4 is 33.2 Å². The summed E-state index contributed by atoms with van der Waals surface area (Å²) in [6.07, 6.45) is 0. The largest absolute Gasteiger partial charge is 0.341 e. The van der Waals surface area contributed by atoms with Gasteiger partial charge < -0.3 is 5.32 Å². The van der Waals surface area contributed by atoms with E-state index in [2.05, 4.69) is 10.0 Å². The zero-order valence-electron chi connectivity index (χ0n) is 20.2. The molecule has 4 aromatic carbocycles. The highest BCUT2D eigenvalue weighted by Gasteiger charge is 2.23. The van der Waals surface area contributed by atoms with Crippen molar-refractivity contribution in [3.8, 4) is 0 Å². The second-order valence-electron chi connectivity index (χ2n) is 8.74. The first kappa shape index (κ1) is 25.5. The molecule has 2 N–H and O–H groups in total. The third kappa shape index (κ3) is 5.61. The second kappa shape index (κ2) is 10.6. The number of sulfonamides is 1. The molecule has 36 heavy (non-hydrogen) atoms. The van der Waals surface area contributed by atoms with Crippen LogP contribution in [-0.2, 0) is 10.0 Å². The average molecular weight is 519 g/mol. The number of hydrogen-bond acceptors (Lipinski definition) is 3. The lowest BCUT2D eigenvalue weighted by atomic mass is 9.94. The van der Waals surface area contributed by atoms with Gasteiger partial charge in [0, 0.05) is 5.56 Å². The topological polar surface area (TPSA) is 75.3 Å². The number of carbonyl (C=O) groups excluding carboxylic acids is 1.